The summed E-state index contributed by atoms with van der Waals surface area (Å²) in [5.41, 5.74) is 26.3. The minimum absolute atomic E-state index is 0.326. The maximum absolute atomic E-state index is 6.35. The van der Waals surface area contributed by atoms with E-state index in [9.17, 15) is 0 Å². The molecular formula is C86H98B3Br5N16O7S5. The van der Waals surface area contributed by atoms with Crippen LogP contribution in [0.25, 0.3) is 99.7 Å². The monoisotopic (exact) mass is 2050 g/mol. The molecule has 5 aromatic carbocycles. The lowest BCUT2D eigenvalue weighted by Gasteiger charge is -2.32. The van der Waals surface area contributed by atoms with Crippen LogP contribution in [0.2, 0.25) is 0 Å². The lowest BCUT2D eigenvalue weighted by atomic mass is 9.71. The van der Waals surface area contributed by atoms with Crippen molar-refractivity contribution in [3.05, 3.63) is 179 Å². The first-order chi connectivity index (χ1) is 57.1. The van der Waals surface area contributed by atoms with Gasteiger partial charge in [0.05, 0.1) is 116 Å². The van der Waals surface area contributed by atoms with E-state index in [0.29, 0.717) is 0 Å². The predicted molar refractivity (Wildman–Crippen MR) is 520 cm³/mol. The van der Waals surface area contributed by atoms with Crippen molar-refractivity contribution in [2.24, 2.45) is 21.1 Å². The van der Waals surface area contributed by atoms with Gasteiger partial charge in [-0.25, -0.2) is 24.9 Å². The highest BCUT2D eigenvalue weighted by Gasteiger charge is 2.56. The first-order valence-corrected chi connectivity index (χ1v) is 47.6. The van der Waals surface area contributed by atoms with Gasteiger partial charge in [-0.05, 0) is 343 Å². The number of aromatic amines is 2. The van der Waals surface area contributed by atoms with Crippen molar-refractivity contribution in [1.82, 2.24) is 75.6 Å². The highest BCUT2D eigenvalue weighted by molar-refractivity contribution is 9.11. The van der Waals surface area contributed by atoms with Crippen LogP contribution in [0.3, 0.4) is 0 Å². The van der Waals surface area contributed by atoms with Crippen molar-refractivity contribution < 1.29 is 32.4 Å². The molecule has 638 valence electrons. The van der Waals surface area contributed by atoms with Crippen molar-refractivity contribution >= 4 is 230 Å². The first-order valence-electron chi connectivity index (χ1n) is 39.4. The molecule has 3 aliphatic rings. The lowest BCUT2D eigenvalue weighted by molar-refractivity contribution is 0.00578. The van der Waals surface area contributed by atoms with Gasteiger partial charge in [-0.1, -0.05) is 43.1 Å². The number of nitrogens with zero attached hydrogens (tertiary/aromatic N) is 14. The summed E-state index contributed by atoms with van der Waals surface area (Å²) in [7, 11) is 4.77. The molecule has 0 atom stereocenters. The molecular weight excluding hydrogens is 1960 g/mol. The molecule has 0 unspecified atom stereocenters. The van der Waals surface area contributed by atoms with Crippen LogP contribution in [-0.2, 0) is 49.1 Å². The second-order valence-corrected chi connectivity index (χ2v) is 41.2. The standard InChI is InChI=1S/C21H32B2N2O4.C17H16N4S2.C16H14N4S2.C11H18BNO3.C9H8Br2N2.C8H6Br2N2.C4H4BrNS/c1-13-24-17-15(23-28-20(6,7)21(8,9)29-23)11-14(12-16(17)25(13)10)22-26-18(2,3)19(4,5)27-22;1-9-14(7-22-19-9)12-5-13(15-8-23-20-10(15)2)17-16(6-12)21(4)11(3)18-17;1-8-13(6-21-19-8)11-4-12(14-7-22-20-9(14)2)16-15(5-11)17-10(3)18-16;1-7-9(8(2)14-13-7)12-15-10(3,4)11(5,6)16-12;1-5-12-9-7(11)3-6(10)4-8(9)13(5)2;1-4-11-7-3-5(9)2-6(10)8(7)12-4;1-3-4(5)2-7-6-3/h11-12H,1-10H3;5-8H,1-4H3;4-7H,1-3H3,(H,17,18);1-6H3;3-4H,1-2H3;2-3H,1H3,(H,11,12);2H,1H3. The number of hydrogen-bond donors (Lipinski definition) is 2. The van der Waals surface area contributed by atoms with Gasteiger partial charge in [0.2, 0.25) is 0 Å². The summed E-state index contributed by atoms with van der Waals surface area (Å²) in [4.78, 5) is 29.5. The fourth-order valence-electron chi connectivity index (χ4n) is 13.9. The molecule has 122 heavy (non-hydrogen) atoms. The Morgan fingerprint density at radius 2 is 0.713 bits per heavy atom. The maximum atomic E-state index is 6.35. The van der Waals surface area contributed by atoms with Gasteiger partial charge in [0.1, 0.15) is 45.9 Å². The van der Waals surface area contributed by atoms with Gasteiger partial charge in [-0.3, -0.25) is 0 Å². The van der Waals surface area contributed by atoms with E-state index in [0.717, 1.165) is 180 Å². The number of aromatic nitrogens is 16. The fraction of sp³-hybridized carbons (Fsp3) is 0.384. The van der Waals surface area contributed by atoms with Crippen LogP contribution in [-0.4, -0.2) is 131 Å². The van der Waals surface area contributed by atoms with E-state index in [1.165, 1.54) is 85.5 Å². The van der Waals surface area contributed by atoms with Crippen molar-refractivity contribution in [2.45, 2.75) is 200 Å². The molecule has 3 saturated heterocycles. The van der Waals surface area contributed by atoms with Crippen LogP contribution in [0.4, 0.5) is 0 Å². The van der Waals surface area contributed by atoms with E-state index in [2.05, 4.69) is 286 Å². The van der Waals surface area contributed by atoms with Gasteiger partial charge in [-0.15, -0.1) is 0 Å². The summed E-state index contributed by atoms with van der Waals surface area (Å²) in [6.45, 7) is 48.6. The summed E-state index contributed by atoms with van der Waals surface area (Å²) < 4.78 is 75.6. The average Bonchev–Trinajstić information content (AvgIpc) is 1.59. The third-order valence-electron chi connectivity index (χ3n) is 23.4. The smallest absolute Gasteiger partial charge is 0.399 e. The molecule has 0 bridgehead atoms. The Morgan fingerprint density at radius 3 is 1.15 bits per heavy atom. The zero-order valence-electron chi connectivity index (χ0n) is 73.4. The second kappa shape index (κ2) is 36.1. The van der Waals surface area contributed by atoms with Gasteiger partial charge in [0.15, 0.2) is 0 Å². The van der Waals surface area contributed by atoms with E-state index in [1.807, 2.05) is 135 Å². The number of hydrogen-bond acceptors (Lipinski definition) is 23. The summed E-state index contributed by atoms with van der Waals surface area (Å²) in [5.74, 6) is 5.59. The maximum Gasteiger partial charge on any atom is 0.500 e. The predicted octanol–water partition coefficient (Wildman–Crippen LogP) is 22.6. The van der Waals surface area contributed by atoms with Crippen molar-refractivity contribution in [1.29, 1.82) is 0 Å². The van der Waals surface area contributed by atoms with E-state index < -0.39 is 36.6 Å². The summed E-state index contributed by atoms with van der Waals surface area (Å²) >= 11 is 24.6. The Kier molecular flexibility index (Phi) is 27.5. The Morgan fingerprint density at radius 1 is 0.336 bits per heavy atom. The summed E-state index contributed by atoms with van der Waals surface area (Å²) in [6, 6.07) is 21.1. The number of fused-ring (bicyclic) bond motifs is 5. The molecule has 36 heteroatoms. The van der Waals surface area contributed by atoms with E-state index in [-0.39, 0.29) is 18.3 Å². The summed E-state index contributed by atoms with van der Waals surface area (Å²) in [5, 5.41) is 14.3. The molecule has 0 aliphatic carbocycles. The Hall–Kier alpha value is -6.84. The van der Waals surface area contributed by atoms with Crippen LogP contribution in [0.5, 0.6) is 0 Å². The minimum Gasteiger partial charge on any atom is -0.399 e. The number of rotatable bonds is 7. The topological polar surface area (TPSA) is 257 Å². The zero-order valence-corrected chi connectivity index (χ0v) is 85.5. The highest BCUT2D eigenvalue weighted by Crippen LogP contribution is 2.43. The third kappa shape index (κ3) is 19.1. The van der Waals surface area contributed by atoms with E-state index in [1.54, 1.807) is 0 Å². The minimum atomic E-state index is -0.501. The van der Waals surface area contributed by atoms with Crippen LogP contribution in [0.15, 0.2) is 114 Å². The molecule has 0 saturated carbocycles. The van der Waals surface area contributed by atoms with Crippen molar-refractivity contribution in [3.63, 3.8) is 0 Å². The van der Waals surface area contributed by atoms with Crippen molar-refractivity contribution in [3.8, 4) is 44.5 Å². The number of imidazole rings is 5. The van der Waals surface area contributed by atoms with Gasteiger partial charge >= 0.3 is 21.4 Å². The van der Waals surface area contributed by atoms with Crippen molar-refractivity contribution in [2.75, 3.05) is 0 Å². The zero-order chi connectivity index (χ0) is 88.7. The number of benzene rings is 5. The van der Waals surface area contributed by atoms with E-state index in [4.69, 9.17) is 42.4 Å². The fourth-order valence-corrected chi connectivity index (χ4v) is 20.4. The normalized spacial score (nSPS) is 15.9. The molecule has 19 rings (SSSR count). The molecule has 23 nitrogen and oxygen atoms in total. The van der Waals surface area contributed by atoms with Gasteiger partial charge < -0.3 is 56.1 Å². The Balaban J connectivity index is 0.000000127. The van der Waals surface area contributed by atoms with Crippen LogP contribution in [0, 0.1) is 83.1 Å². The quantitative estimate of drug-likeness (QED) is 0.141. The molecule has 16 aromatic rings. The van der Waals surface area contributed by atoms with Gasteiger partial charge in [0.25, 0.3) is 0 Å². The molecule has 3 fully saturated rings. The number of aryl methyl sites for hydroxylation is 15. The average molecular weight is 2060 g/mol. The second-order valence-electron chi connectivity index (χ2n) is 33.6. The molecule has 11 aromatic heterocycles. The Bertz CT molecular complexity index is 6480. The number of halogens is 5. The summed E-state index contributed by atoms with van der Waals surface area (Å²) in [6.07, 6.45) is 0. The first kappa shape index (κ1) is 92.8. The van der Waals surface area contributed by atoms with E-state index >= 15 is 0 Å². The third-order valence-corrected chi connectivity index (χ3v) is 30.3. The molecule has 0 spiro atoms. The molecule has 14 heterocycles. The molecule has 3 aliphatic heterocycles. The SMILES string of the molecule is Cc1nc2c(-c3csnc3C)cc(-c3csnc3C)cc2[nH]1.Cc1nc2c(B3OC(C)(C)C(C)(C)O3)cc(B3OC(C)(C)C(C)(C)O3)cc2n1C.Cc1nc2c(Br)cc(Br)cc2[nH]1.Cc1nc2c(Br)cc(Br)cc2n1C.Cc1noc(C)c1B1OC(C)(C)C(C)(C)O1.Cc1nscc1-c1cc(-c2csnc2C)c2nc(C)n(C)c2c1.Cc1nscc1Br. The largest absolute Gasteiger partial charge is 0.500 e. The molecule has 0 radical (unpaired) electrons. The van der Waals surface area contributed by atoms with Gasteiger partial charge in [0, 0.05) is 110 Å². The van der Waals surface area contributed by atoms with Gasteiger partial charge in [-0.2, -0.15) is 21.9 Å². The Labute approximate surface area is 775 Å². The lowest BCUT2D eigenvalue weighted by Crippen LogP contribution is -2.41. The highest BCUT2D eigenvalue weighted by atomic mass is 79.9. The van der Waals surface area contributed by atoms with Crippen LogP contribution in [0.1, 0.15) is 152 Å². The van der Waals surface area contributed by atoms with Crippen LogP contribution >= 0.6 is 137 Å². The van der Waals surface area contributed by atoms with Crippen LogP contribution < -0.4 is 16.4 Å². The number of nitrogens with one attached hydrogen (secondary N) is 2. The number of H-pyrrole nitrogens is 2. The molecule has 2 N–H and O–H groups in total. The molecule has 0 amide bonds.